The van der Waals surface area contributed by atoms with Gasteiger partial charge in [-0.15, -0.1) is 0 Å². The van der Waals surface area contributed by atoms with Gasteiger partial charge >= 0.3 is 0 Å². The average molecular weight is 203 g/mol. The number of carbonyl (C=O) groups excluding carboxylic acids is 1. The van der Waals surface area contributed by atoms with Gasteiger partial charge in [0.1, 0.15) is 18.1 Å². The highest BCUT2D eigenvalue weighted by molar-refractivity contribution is 5.83. The minimum atomic E-state index is -1.33. The third-order valence-electron chi connectivity index (χ3n) is 3.31. The van der Waals surface area contributed by atoms with Crippen molar-refractivity contribution >= 4 is 5.78 Å². The molecule has 0 radical (unpaired) electrons. The van der Waals surface area contributed by atoms with Gasteiger partial charge in [-0.2, -0.15) is 0 Å². The number of alkyl halides is 2. The molecule has 2 nitrogen and oxygen atoms in total. The fourth-order valence-corrected chi connectivity index (χ4v) is 2.44. The van der Waals surface area contributed by atoms with E-state index in [9.17, 15) is 13.6 Å². The van der Waals surface area contributed by atoms with Gasteiger partial charge in [0.05, 0.1) is 6.54 Å². The molecule has 3 unspecified atom stereocenters. The van der Waals surface area contributed by atoms with Gasteiger partial charge in [0, 0.05) is 12.5 Å². The summed E-state index contributed by atoms with van der Waals surface area (Å²) in [6.07, 6.45) is -0.847. The summed E-state index contributed by atoms with van der Waals surface area (Å²) in [5, 5.41) is 3.07. The van der Waals surface area contributed by atoms with Crippen LogP contribution in [-0.4, -0.2) is 30.7 Å². The molecule has 0 spiro atoms. The first-order valence-corrected chi connectivity index (χ1v) is 5.20. The molecule has 0 amide bonds. The lowest BCUT2D eigenvalue weighted by atomic mass is 9.81. The second-order valence-corrected chi connectivity index (χ2v) is 4.34. The fraction of sp³-hybridized carbons (Fsp3) is 0.900. The molecule has 1 saturated heterocycles. The molecule has 14 heavy (non-hydrogen) atoms. The largest absolute Gasteiger partial charge is 0.306 e. The lowest BCUT2D eigenvalue weighted by Crippen LogP contribution is -2.38. The minimum absolute atomic E-state index is 0.0910. The van der Waals surface area contributed by atoms with Gasteiger partial charge in [-0.1, -0.05) is 0 Å². The van der Waals surface area contributed by atoms with Gasteiger partial charge in [0.15, 0.2) is 0 Å². The van der Waals surface area contributed by atoms with Crippen molar-refractivity contribution in [3.05, 3.63) is 0 Å². The van der Waals surface area contributed by atoms with E-state index in [0.29, 0.717) is 25.8 Å². The summed E-state index contributed by atoms with van der Waals surface area (Å²) < 4.78 is 25.9. The van der Waals surface area contributed by atoms with Crippen LogP contribution >= 0.6 is 0 Å². The van der Waals surface area contributed by atoms with Crippen molar-refractivity contribution in [1.29, 1.82) is 0 Å². The summed E-state index contributed by atoms with van der Waals surface area (Å²) in [7, 11) is 0. The van der Waals surface area contributed by atoms with Crippen LogP contribution < -0.4 is 5.32 Å². The Kier molecular flexibility index (Phi) is 2.81. The number of halogens is 2. The number of hydrogen-bond donors (Lipinski definition) is 1. The van der Waals surface area contributed by atoms with Crippen molar-refractivity contribution in [2.45, 2.75) is 44.1 Å². The van der Waals surface area contributed by atoms with Crippen molar-refractivity contribution < 1.29 is 13.6 Å². The highest BCUT2D eigenvalue weighted by Gasteiger charge is 2.36. The van der Waals surface area contributed by atoms with Crippen LogP contribution in [0, 0.1) is 5.92 Å². The summed E-state index contributed by atoms with van der Waals surface area (Å²) in [5.41, 5.74) is 0. The standard InChI is InChI=1S/C10H15F2NO/c11-8-2-1-6(3-9(8)12)10-4-7(14)5-13-10/h6,8-10,13H,1-5H2/t6?,8?,9?,10-/m0/s1. The summed E-state index contributed by atoms with van der Waals surface area (Å²) in [4.78, 5) is 11.0. The maximum absolute atomic E-state index is 13.1. The Bertz CT molecular complexity index is 234. The molecule has 1 N–H and O–H groups in total. The van der Waals surface area contributed by atoms with Crippen LogP contribution in [0.1, 0.15) is 25.7 Å². The molecule has 1 aliphatic heterocycles. The van der Waals surface area contributed by atoms with Gasteiger partial charge in [0.2, 0.25) is 0 Å². The van der Waals surface area contributed by atoms with Gasteiger partial charge in [-0.25, -0.2) is 8.78 Å². The van der Waals surface area contributed by atoms with Crippen molar-refractivity contribution in [2.24, 2.45) is 5.92 Å². The molecule has 1 aliphatic carbocycles. The third-order valence-corrected chi connectivity index (χ3v) is 3.31. The van der Waals surface area contributed by atoms with E-state index < -0.39 is 12.3 Å². The second-order valence-electron chi connectivity index (χ2n) is 4.34. The van der Waals surface area contributed by atoms with Crippen molar-refractivity contribution in [3.8, 4) is 0 Å². The highest BCUT2D eigenvalue weighted by atomic mass is 19.2. The van der Waals surface area contributed by atoms with E-state index in [2.05, 4.69) is 5.32 Å². The Hall–Kier alpha value is -0.510. The summed E-state index contributed by atoms with van der Waals surface area (Å²) in [5.74, 6) is 0.330. The molecule has 0 aromatic carbocycles. The van der Waals surface area contributed by atoms with Gasteiger partial charge in [-0.3, -0.25) is 4.79 Å². The van der Waals surface area contributed by atoms with Crippen LogP contribution in [-0.2, 0) is 4.79 Å². The Labute approximate surface area is 82.1 Å². The lowest BCUT2D eigenvalue weighted by molar-refractivity contribution is -0.116. The van der Waals surface area contributed by atoms with Crippen LogP contribution in [0.5, 0.6) is 0 Å². The summed E-state index contributed by atoms with van der Waals surface area (Å²) in [6, 6.07) is 0.0910. The molecule has 0 aromatic rings. The topological polar surface area (TPSA) is 29.1 Å². The van der Waals surface area contributed by atoms with Crippen molar-refractivity contribution in [2.75, 3.05) is 6.54 Å². The van der Waals surface area contributed by atoms with Crippen LogP contribution in [0.25, 0.3) is 0 Å². The zero-order chi connectivity index (χ0) is 10.1. The van der Waals surface area contributed by atoms with E-state index in [1.807, 2.05) is 0 Å². The van der Waals surface area contributed by atoms with Crippen LogP contribution in [0.2, 0.25) is 0 Å². The number of Topliss-reactive ketones (excluding diaryl/α,β-unsaturated/α-hetero) is 1. The molecule has 0 bridgehead atoms. The van der Waals surface area contributed by atoms with Crippen molar-refractivity contribution in [1.82, 2.24) is 5.32 Å². The first-order chi connectivity index (χ1) is 6.66. The van der Waals surface area contributed by atoms with E-state index in [0.717, 1.165) is 0 Å². The lowest BCUT2D eigenvalue weighted by Gasteiger charge is -2.31. The first-order valence-electron chi connectivity index (χ1n) is 5.20. The second kappa shape index (κ2) is 3.93. The Morgan fingerprint density at radius 3 is 2.57 bits per heavy atom. The maximum Gasteiger partial charge on any atom is 0.148 e. The zero-order valence-corrected chi connectivity index (χ0v) is 8.01. The Morgan fingerprint density at radius 2 is 2.00 bits per heavy atom. The van der Waals surface area contributed by atoms with Crippen LogP contribution in [0.3, 0.4) is 0 Å². The maximum atomic E-state index is 13.1. The SMILES string of the molecule is O=C1CN[C@H](C2CCC(F)C(F)C2)C1. The quantitative estimate of drug-likeness (QED) is 0.697. The number of rotatable bonds is 1. The van der Waals surface area contributed by atoms with Gasteiger partial charge < -0.3 is 5.32 Å². The monoisotopic (exact) mass is 203 g/mol. The van der Waals surface area contributed by atoms with E-state index >= 15 is 0 Å². The number of hydrogen-bond acceptors (Lipinski definition) is 2. The van der Waals surface area contributed by atoms with E-state index in [1.165, 1.54) is 0 Å². The molecule has 2 rings (SSSR count). The summed E-state index contributed by atoms with van der Waals surface area (Å²) in [6.45, 7) is 0.400. The Morgan fingerprint density at radius 1 is 1.21 bits per heavy atom. The van der Waals surface area contributed by atoms with E-state index in [4.69, 9.17) is 0 Å². The normalized spacial score (nSPS) is 44.3. The third kappa shape index (κ3) is 1.95. The van der Waals surface area contributed by atoms with Gasteiger partial charge in [0.25, 0.3) is 0 Å². The van der Waals surface area contributed by atoms with Gasteiger partial charge in [-0.05, 0) is 25.2 Å². The molecule has 1 heterocycles. The van der Waals surface area contributed by atoms with Crippen LogP contribution in [0.15, 0.2) is 0 Å². The molecule has 4 atom stereocenters. The molecule has 0 aromatic heterocycles. The molecular formula is C10H15F2NO. The predicted octanol–water partition coefficient (Wildman–Crippen LogP) is 1.39. The fourth-order valence-electron chi connectivity index (χ4n) is 2.44. The van der Waals surface area contributed by atoms with Crippen LogP contribution in [0.4, 0.5) is 8.78 Å². The average Bonchev–Trinajstić information content (AvgIpc) is 2.57. The molecule has 2 aliphatic rings. The zero-order valence-electron chi connectivity index (χ0n) is 8.01. The summed E-state index contributed by atoms with van der Waals surface area (Å²) >= 11 is 0. The molecular weight excluding hydrogens is 188 g/mol. The predicted molar refractivity (Wildman–Crippen MR) is 48.5 cm³/mol. The van der Waals surface area contributed by atoms with Crippen molar-refractivity contribution in [3.63, 3.8) is 0 Å². The highest BCUT2D eigenvalue weighted by Crippen LogP contribution is 2.32. The molecule has 4 heteroatoms. The molecule has 80 valence electrons. The first kappa shape index (κ1) is 10.0. The van der Waals surface area contributed by atoms with E-state index in [-0.39, 0.29) is 24.2 Å². The molecule has 2 fully saturated rings. The number of nitrogens with one attached hydrogen (secondary N) is 1. The minimum Gasteiger partial charge on any atom is -0.306 e. The van der Waals surface area contributed by atoms with E-state index in [1.54, 1.807) is 0 Å². The number of ketones is 1. The smallest absolute Gasteiger partial charge is 0.148 e. The molecule has 1 saturated carbocycles. The number of carbonyl (C=O) groups is 1. The Balaban J connectivity index is 1.90.